The van der Waals surface area contributed by atoms with Crippen molar-refractivity contribution in [2.24, 2.45) is 5.73 Å². The molecule has 0 fully saturated rings. The number of nitrogen functional groups attached to an aromatic ring is 1. The van der Waals surface area contributed by atoms with Gasteiger partial charge in [-0.2, -0.15) is 0 Å². The Balaban J connectivity index is 2.35. The Morgan fingerprint density at radius 1 is 1.38 bits per heavy atom. The fourth-order valence-electron chi connectivity index (χ4n) is 2.09. The van der Waals surface area contributed by atoms with E-state index in [4.69, 9.17) is 11.5 Å². The molecule has 2 unspecified atom stereocenters. The number of hydrogen-bond donors (Lipinski definition) is 3. The summed E-state index contributed by atoms with van der Waals surface area (Å²) in [5.41, 5.74) is 13.9. The predicted molar refractivity (Wildman–Crippen MR) is 87.3 cm³/mol. The second kappa shape index (κ2) is 6.78. The molecule has 21 heavy (non-hydrogen) atoms. The van der Waals surface area contributed by atoms with E-state index in [9.17, 15) is 4.79 Å². The van der Waals surface area contributed by atoms with Gasteiger partial charge in [-0.05, 0) is 18.9 Å². The number of anilines is 1. The molecule has 0 aliphatic carbocycles. The number of nitrogens with two attached hydrogens (primary N) is 2. The van der Waals surface area contributed by atoms with E-state index >= 15 is 0 Å². The molecule has 1 aromatic carbocycles. The van der Waals surface area contributed by atoms with Gasteiger partial charge in [0.25, 0.3) is 5.56 Å². The van der Waals surface area contributed by atoms with Crippen molar-refractivity contribution in [2.75, 3.05) is 5.73 Å². The molecule has 0 amide bonds. The van der Waals surface area contributed by atoms with Crippen LogP contribution in [0.25, 0.3) is 0 Å². The van der Waals surface area contributed by atoms with Crippen LogP contribution < -0.4 is 17.0 Å². The third-order valence-electron chi connectivity index (χ3n) is 3.21. The Kier molecular flexibility index (Phi) is 5.03. The van der Waals surface area contributed by atoms with Gasteiger partial charge in [-0.3, -0.25) is 4.79 Å². The number of hydrogen-bond acceptors (Lipinski definition) is 5. The van der Waals surface area contributed by atoms with Gasteiger partial charge in [-0.1, -0.05) is 48.5 Å². The first-order valence-corrected chi connectivity index (χ1v) is 7.73. The van der Waals surface area contributed by atoms with Crippen molar-refractivity contribution >= 4 is 17.6 Å². The Hall–Kier alpha value is -1.79. The van der Waals surface area contributed by atoms with Crippen molar-refractivity contribution < 1.29 is 0 Å². The zero-order valence-electron chi connectivity index (χ0n) is 12.2. The smallest absolute Gasteiger partial charge is 0.253 e. The first-order valence-electron chi connectivity index (χ1n) is 6.85. The van der Waals surface area contributed by atoms with E-state index in [-0.39, 0.29) is 22.7 Å². The Bertz CT molecular complexity index is 671. The summed E-state index contributed by atoms with van der Waals surface area (Å²) in [6.45, 7) is 4.09. The highest BCUT2D eigenvalue weighted by Crippen LogP contribution is 2.36. The molecule has 0 bridgehead atoms. The predicted octanol–water partition coefficient (Wildman–Crippen LogP) is 2.23. The molecule has 0 spiro atoms. The molecular weight excluding hydrogens is 284 g/mol. The number of aryl methyl sites for hydroxylation is 1. The van der Waals surface area contributed by atoms with Crippen molar-refractivity contribution in [3.05, 3.63) is 51.8 Å². The largest absolute Gasteiger partial charge is 0.383 e. The lowest BCUT2D eigenvalue weighted by Gasteiger charge is -2.22. The van der Waals surface area contributed by atoms with Gasteiger partial charge < -0.3 is 16.5 Å². The molecule has 0 radical (unpaired) electrons. The van der Waals surface area contributed by atoms with Gasteiger partial charge in [0.05, 0.1) is 5.25 Å². The molecule has 0 saturated carbocycles. The molecule has 5 N–H and O–H groups in total. The van der Waals surface area contributed by atoms with Gasteiger partial charge >= 0.3 is 0 Å². The van der Waals surface area contributed by atoms with Gasteiger partial charge in [-0.25, -0.2) is 4.98 Å². The first-order chi connectivity index (χ1) is 9.99. The highest BCUT2D eigenvalue weighted by Gasteiger charge is 2.21. The van der Waals surface area contributed by atoms with E-state index in [0.717, 1.165) is 12.0 Å². The van der Waals surface area contributed by atoms with Crippen molar-refractivity contribution in [1.82, 2.24) is 9.97 Å². The molecule has 6 heteroatoms. The molecule has 1 heterocycles. The van der Waals surface area contributed by atoms with Crippen LogP contribution in [0.15, 0.2) is 40.3 Å². The van der Waals surface area contributed by atoms with Gasteiger partial charge in [0.1, 0.15) is 5.82 Å². The summed E-state index contributed by atoms with van der Waals surface area (Å²) in [5.74, 6) is 0.217. The molecule has 0 aliphatic rings. The Morgan fingerprint density at radius 2 is 2.14 bits per heavy atom. The van der Waals surface area contributed by atoms with E-state index < -0.39 is 0 Å². The SMILES string of the molecule is CCC(N)C(Sc1nc(N)cc(=O)[nH]1)c1cccc(C)c1. The lowest BCUT2D eigenvalue weighted by atomic mass is 10.0. The number of nitrogens with zero attached hydrogens (tertiary/aromatic N) is 1. The quantitative estimate of drug-likeness (QED) is 0.581. The van der Waals surface area contributed by atoms with Crippen molar-refractivity contribution in [3.8, 4) is 0 Å². The highest BCUT2D eigenvalue weighted by atomic mass is 32.2. The van der Waals surface area contributed by atoms with E-state index in [1.54, 1.807) is 0 Å². The summed E-state index contributed by atoms with van der Waals surface area (Å²) in [7, 11) is 0. The summed E-state index contributed by atoms with van der Waals surface area (Å²) in [6.07, 6.45) is 0.832. The summed E-state index contributed by atoms with van der Waals surface area (Å²) in [6, 6.07) is 9.44. The second-order valence-electron chi connectivity index (χ2n) is 5.00. The van der Waals surface area contributed by atoms with Crippen molar-refractivity contribution in [1.29, 1.82) is 0 Å². The Labute approximate surface area is 128 Å². The molecule has 5 nitrogen and oxygen atoms in total. The zero-order chi connectivity index (χ0) is 15.4. The van der Waals surface area contributed by atoms with Gasteiger partial charge in [0.15, 0.2) is 5.16 Å². The summed E-state index contributed by atoms with van der Waals surface area (Å²) in [4.78, 5) is 18.4. The number of aromatic amines is 1. The lowest BCUT2D eigenvalue weighted by Crippen LogP contribution is -2.26. The number of benzene rings is 1. The summed E-state index contributed by atoms with van der Waals surface area (Å²) >= 11 is 1.44. The lowest BCUT2D eigenvalue weighted by molar-refractivity contribution is 0.632. The van der Waals surface area contributed by atoms with Gasteiger partial charge in [0, 0.05) is 12.1 Å². The number of rotatable bonds is 5. The molecule has 1 aromatic heterocycles. The number of aromatic nitrogens is 2. The molecular formula is C15H20N4OS. The first kappa shape index (κ1) is 15.6. The maximum atomic E-state index is 11.5. The van der Waals surface area contributed by atoms with Crippen molar-refractivity contribution in [2.45, 2.75) is 36.7 Å². The molecule has 2 rings (SSSR count). The van der Waals surface area contributed by atoms with Gasteiger partial charge in [0.2, 0.25) is 0 Å². The average Bonchev–Trinajstić information content (AvgIpc) is 2.43. The van der Waals surface area contributed by atoms with E-state index in [1.165, 1.54) is 23.4 Å². The fraction of sp³-hybridized carbons (Fsp3) is 0.333. The number of H-pyrrole nitrogens is 1. The topological polar surface area (TPSA) is 97.8 Å². The summed E-state index contributed by atoms with van der Waals surface area (Å²) in [5, 5.41) is 0.509. The van der Waals surface area contributed by atoms with Crippen molar-refractivity contribution in [3.63, 3.8) is 0 Å². The molecule has 112 valence electrons. The van der Waals surface area contributed by atoms with Crippen LogP contribution in [0.3, 0.4) is 0 Å². The summed E-state index contributed by atoms with van der Waals surface area (Å²) < 4.78 is 0. The molecule has 2 aromatic rings. The van der Waals surface area contributed by atoms with Crippen LogP contribution in [-0.2, 0) is 0 Å². The number of nitrogens with one attached hydrogen (secondary N) is 1. The van der Waals surface area contributed by atoms with E-state index in [2.05, 4.69) is 16.0 Å². The highest BCUT2D eigenvalue weighted by molar-refractivity contribution is 7.99. The third kappa shape index (κ3) is 4.09. The second-order valence-corrected chi connectivity index (χ2v) is 6.13. The maximum absolute atomic E-state index is 11.5. The molecule has 0 saturated heterocycles. The molecule has 2 atom stereocenters. The third-order valence-corrected chi connectivity index (χ3v) is 4.50. The molecule has 0 aliphatic heterocycles. The minimum Gasteiger partial charge on any atom is -0.383 e. The average molecular weight is 304 g/mol. The fourth-order valence-corrected chi connectivity index (χ4v) is 3.30. The maximum Gasteiger partial charge on any atom is 0.253 e. The Morgan fingerprint density at radius 3 is 2.76 bits per heavy atom. The van der Waals surface area contributed by atoms with Crippen LogP contribution in [0.2, 0.25) is 0 Å². The van der Waals surface area contributed by atoms with Crippen LogP contribution >= 0.6 is 11.8 Å². The zero-order valence-corrected chi connectivity index (χ0v) is 13.0. The van der Waals surface area contributed by atoms with E-state index in [1.807, 2.05) is 32.0 Å². The van der Waals surface area contributed by atoms with Crippen LogP contribution in [-0.4, -0.2) is 16.0 Å². The minimum absolute atomic E-state index is 0.0137. The van der Waals surface area contributed by atoms with Gasteiger partial charge in [-0.15, -0.1) is 0 Å². The van der Waals surface area contributed by atoms with Crippen LogP contribution in [0.1, 0.15) is 29.7 Å². The normalized spacial score (nSPS) is 13.9. The monoisotopic (exact) mass is 304 g/mol. The van der Waals surface area contributed by atoms with Crippen LogP contribution in [0, 0.1) is 6.92 Å². The van der Waals surface area contributed by atoms with Crippen LogP contribution in [0.4, 0.5) is 5.82 Å². The standard InChI is InChI=1S/C15H20N4OS/c1-3-11(16)14(10-6-4-5-9(2)7-10)21-15-18-12(17)8-13(20)19-15/h4-8,11,14H,3,16H2,1-2H3,(H3,17,18,19,20). The minimum atomic E-state index is -0.252. The van der Waals surface area contributed by atoms with E-state index in [0.29, 0.717) is 5.16 Å². The van der Waals surface area contributed by atoms with Crippen LogP contribution in [0.5, 0.6) is 0 Å². The number of thioether (sulfide) groups is 1.